The molecule has 114 valence electrons. The van der Waals surface area contributed by atoms with Gasteiger partial charge in [-0.2, -0.15) is 5.10 Å². The van der Waals surface area contributed by atoms with Crippen molar-refractivity contribution >= 4 is 19.7 Å². The Bertz CT molecular complexity index is 762. The SMILES string of the molecule is Cn1cc(CCOc2c(F)cc(F)cc2S(=O)(=O)Cl)cn1. The van der Waals surface area contributed by atoms with Crippen LogP contribution in [0.5, 0.6) is 5.75 Å². The standard InChI is InChI=1S/C12H11ClF2N2O3S/c1-17-7-8(6-16-17)2-3-20-12-10(15)4-9(14)5-11(12)21(13,18)19/h4-7H,2-3H2,1H3. The van der Waals surface area contributed by atoms with E-state index in [0.29, 0.717) is 18.6 Å². The number of hydrogen-bond acceptors (Lipinski definition) is 4. The van der Waals surface area contributed by atoms with Crippen LogP contribution in [-0.4, -0.2) is 24.8 Å². The van der Waals surface area contributed by atoms with E-state index in [4.69, 9.17) is 15.4 Å². The van der Waals surface area contributed by atoms with Crippen molar-refractivity contribution in [2.24, 2.45) is 7.05 Å². The van der Waals surface area contributed by atoms with Crippen LogP contribution >= 0.6 is 10.7 Å². The second-order valence-electron chi connectivity index (χ2n) is 4.27. The maximum atomic E-state index is 13.7. The van der Waals surface area contributed by atoms with E-state index in [1.165, 1.54) is 0 Å². The maximum absolute atomic E-state index is 13.7. The number of benzene rings is 1. The van der Waals surface area contributed by atoms with Crippen molar-refractivity contribution < 1.29 is 21.9 Å². The van der Waals surface area contributed by atoms with Crippen LogP contribution in [0.25, 0.3) is 0 Å². The summed E-state index contributed by atoms with van der Waals surface area (Å²) in [7, 11) is 2.57. The molecule has 0 spiro atoms. The second-order valence-corrected chi connectivity index (χ2v) is 6.81. The molecule has 0 aliphatic carbocycles. The average Bonchev–Trinajstić information content (AvgIpc) is 2.76. The van der Waals surface area contributed by atoms with E-state index in [-0.39, 0.29) is 6.61 Å². The van der Waals surface area contributed by atoms with Crippen LogP contribution in [-0.2, 0) is 22.5 Å². The number of rotatable bonds is 5. The lowest BCUT2D eigenvalue weighted by Crippen LogP contribution is -2.07. The zero-order chi connectivity index (χ0) is 15.6. The van der Waals surface area contributed by atoms with Gasteiger partial charge in [-0.05, 0) is 11.6 Å². The molecule has 0 saturated carbocycles. The lowest BCUT2D eigenvalue weighted by atomic mass is 10.3. The minimum atomic E-state index is -4.32. The van der Waals surface area contributed by atoms with Gasteiger partial charge in [0.2, 0.25) is 0 Å². The van der Waals surface area contributed by atoms with Crippen LogP contribution in [0.2, 0.25) is 0 Å². The molecule has 0 fully saturated rings. The van der Waals surface area contributed by atoms with Crippen molar-refractivity contribution in [2.45, 2.75) is 11.3 Å². The fraction of sp³-hybridized carbons (Fsp3) is 0.250. The third-order valence-electron chi connectivity index (χ3n) is 2.63. The van der Waals surface area contributed by atoms with Crippen LogP contribution in [0, 0.1) is 11.6 Å². The highest BCUT2D eigenvalue weighted by Gasteiger charge is 2.22. The molecule has 0 unspecified atom stereocenters. The number of ether oxygens (including phenoxy) is 1. The molecule has 0 N–H and O–H groups in total. The van der Waals surface area contributed by atoms with Gasteiger partial charge in [-0.15, -0.1) is 0 Å². The zero-order valence-corrected chi connectivity index (χ0v) is 12.5. The second kappa shape index (κ2) is 5.98. The van der Waals surface area contributed by atoms with Crippen molar-refractivity contribution in [1.29, 1.82) is 0 Å². The first-order valence-corrected chi connectivity index (χ1v) is 8.12. The first-order chi connectivity index (χ1) is 9.77. The molecule has 0 saturated heterocycles. The third kappa shape index (κ3) is 3.92. The molecule has 21 heavy (non-hydrogen) atoms. The Kier molecular flexibility index (Phi) is 4.48. The molecular weight excluding hydrogens is 326 g/mol. The van der Waals surface area contributed by atoms with E-state index in [9.17, 15) is 17.2 Å². The summed E-state index contributed by atoms with van der Waals surface area (Å²) >= 11 is 0. The summed E-state index contributed by atoms with van der Waals surface area (Å²) < 4.78 is 56.1. The Morgan fingerprint density at radius 3 is 2.67 bits per heavy atom. The monoisotopic (exact) mass is 336 g/mol. The van der Waals surface area contributed by atoms with Crippen molar-refractivity contribution in [3.63, 3.8) is 0 Å². The molecule has 0 amide bonds. The number of nitrogens with zero attached hydrogens (tertiary/aromatic N) is 2. The summed E-state index contributed by atoms with van der Waals surface area (Å²) in [5, 5.41) is 3.95. The first-order valence-electron chi connectivity index (χ1n) is 5.81. The highest BCUT2D eigenvalue weighted by atomic mass is 35.7. The largest absolute Gasteiger partial charge is 0.489 e. The molecule has 0 atom stereocenters. The first kappa shape index (κ1) is 15.7. The molecule has 2 aromatic rings. The van der Waals surface area contributed by atoms with Gasteiger partial charge in [0.1, 0.15) is 10.7 Å². The zero-order valence-electron chi connectivity index (χ0n) is 10.9. The summed E-state index contributed by atoms with van der Waals surface area (Å²) in [6.07, 6.45) is 3.72. The van der Waals surface area contributed by atoms with Gasteiger partial charge in [0, 0.05) is 36.4 Å². The summed E-state index contributed by atoms with van der Waals surface area (Å²) in [6.45, 7) is -0.00630. The van der Waals surface area contributed by atoms with Gasteiger partial charge in [-0.25, -0.2) is 17.2 Å². The molecule has 1 aromatic heterocycles. The quantitative estimate of drug-likeness (QED) is 0.786. The maximum Gasteiger partial charge on any atom is 0.265 e. The Morgan fingerprint density at radius 2 is 2.10 bits per heavy atom. The molecule has 0 bridgehead atoms. The van der Waals surface area contributed by atoms with Crippen LogP contribution in [0.1, 0.15) is 5.56 Å². The predicted octanol–water partition coefficient (Wildman–Crippen LogP) is 2.25. The summed E-state index contributed by atoms with van der Waals surface area (Å²) in [5.41, 5.74) is 0.829. The number of hydrogen-bond donors (Lipinski definition) is 0. The Morgan fingerprint density at radius 1 is 1.38 bits per heavy atom. The van der Waals surface area contributed by atoms with Crippen LogP contribution in [0.4, 0.5) is 8.78 Å². The minimum Gasteiger partial charge on any atom is -0.489 e. The normalized spacial score (nSPS) is 11.6. The van der Waals surface area contributed by atoms with Crippen LogP contribution < -0.4 is 4.74 Å². The Balaban J connectivity index is 2.19. The fourth-order valence-electron chi connectivity index (χ4n) is 1.73. The Hall–Kier alpha value is -1.67. The van der Waals surface area contributed by atoms with Crippen LogP contribution in [0.15, 0.2) is 29.4 Å². The van der Waals surface area contributed by atoms with E-state index >= 15 is 0 Å². The van der Waals surface area contributed by atoms with Gasteiger partial charge in [0.05, 0.1) is 12.8 Å². The van der Waals surface area contributed by atoms with E-state index in [0.717, 1.165) is 5.56 Å². The summed E-state index contributed by atoms with van der Waals surface area (Å²) in [5.74, 6) is -2.76. The van der Waals surface area contributed by atoms with E-state index in [1.807, 2.05) is 0 Å². The third-order valence-corrected chi connectivity index (χ3v) is 3.96. The molecular formula is C12H11ClF2N2O3S. The number of aromatic nitrogens is 2. The fourth-order valence-corrected chi connectivity index (χ4v) is 2.70. The molecule has 1 aromatic carbocycles. The molecule has 9 heteroatoms. The van der Waals surface area contributed by atoms with Gasteiger partial charge in [-0.1, -0.05) is 0 Å². The van der Waals surface area contributed by atoms with Gasteiger partial charge in [-0.3, -0.25) is 4.68 Å². The van der Waals surface area contributed by atoms with E-state index < -0.39 is 31.3 Å². The van der Waals surface area contributed by atoms with Crippen molar-refractivity contribution in [3.05, 3.63) is 41.7 Å². The predicted molar refractivity (Wildman–Crippen MR) is 71.8 cm³/mol. The number of aryl methyl sites for hydroxylation is 1. The summed E-state index contributed by atoms with van der Waals surface area (Å²) in [6, 6.07) is 1.15. The highest BCUT2D eigenvalue weighted by molar-refractivity contribution is 8.13. The molecule has 0 aliphatic heterocycles. The lowest BCUT2D eigenvalue weighted by Gasteiger charge is -2.10. The molecule has 0 radical (unpaired) electrons. The number of halogens is 3. The van der Waals surface area contributed by atoms with Gasteiger partial charge in [0.25, 0.3) is 9.05 Å². The topological polar surface area (TPSA) is 61.2 Å². The van der Waals surface area contributed by atoms with E-state index in [1.54, 1.807) is 24.1 Å². The van der Waals surface area contributed by atoms with Gasteiger partial charge in [0.15, 0.2) is 11.6 Å². The van der Waals surface area contributed by atoms with Crippen molar-refractivity contribution in [2.75, 3.05) is 6.61 Å². The van der Waals surface area contributed by atoms with Gasteiger partial charge >= 0.3 is 0 Å². The van der Waals surface area contributed by atoms with Gasteiger partial charge < -0.3 is 4.74 Å². The van der Waals surface area contributed by atoms with Crippen LogP contribution in [0.3, 0.4) is 0 Å². The van der Waals surface area contributed by atoms with Crippen molar-refractivity contribution in [3.8, 4) is 5.75 Å². The van der Waals surface area contributed by atoms with E-state index in [2.05, 4.69) is 5.10 Å². The van der Waals surface area contributed by atoms with Crippen molar-refractivity contribution in [1.82, 2.24) is 9.78 Å². The average molecular weight is 337 g/mol. The molecule has 1 heterocycles. The minimum absolute atomic E-state index is 0.00630. The molecule has 2 rings (SSSR count). The Labute approximate surface area is 124 Å². The highest BCUT2D eigenvalue weighted by Crippen LogP contribution is 2.31. The smallest absolute Gasteiger partial charge is 0.265 e. The summed E-state index contributed by atoms with van der Waals surface area (Å²) in [4.78, 5) is -0.729. The molecule has 5 nitrogen and oxygen atoms in total. The lowest BCUT2D eigenvalue weighted by molar-refractivity contribution is 0.295. The molecule has 0 aliphatic rings.